The van der Waals surface area contributed by atoms with E-state index in [2.05, 4.69) is 0 Å². The lowest BCUT2D eigenvalue weighted by molar-refractivity contribution is -0.131. The van der Waals surface area contributed by atoms with Gasteiger partial charge in [0, 0.05) is 13.2 Å². The molecule has 0 aliphatic rings. The number of ether oxygens (including phenoxy) is 1. The average Bonchev–Trinajstić information content (AvgIpc) is 2.15. The Balaban J connectivity index is 3.63. The molecule has 0 aliphatic heterocycles. The Hall–Kier alpha value is -1.35. The highest BCUT2D eigenvalue weighted by molar-refractivity contribution is 5.80. The number of hydrogen-bond donors (Lipinski definition) is 1. The van der Waals surface area contributed by atoms with E-state index in [0.717, 1.165) is 12.5 Å². The van der Waals surface area contributed by atoms with Gasteiger partial charge in [-0.25, -0.2) is 4.79 Å². The molecular weight excluding hydrogens is 180 g/mol. The van der Waals surface area contributed by atoms with Gasteiger partial charge in [-0.05, 0) is 13.3 Å². The molecule has 14 heavy (non-hydrogen) atoms. The largest absolute Gasteiger partial charge is 0.478 e. The molecule has 0 aromatic carbocycles. The van der Waals surface area contributed by atoms with E-state index in [1.807, 2.05) is 25.2 Å². The van der Waals surface area contributed by atoms with Gasteiger partial charge in [0.25, 0.3) is 0 Å². The van der Waals surface area contributed by atoms with Crippen LogP contribution in [0.2, 0.25) is 0 Å². The van der Waals surface area contributed by atoms with Gasteiger partial charge >= 0.3 is 5.97 Å². The summed E-state index contributed by atoms with van der Waals surface area (Å²) in [5.74, 6) is -0.932. The first kappa shape index (κ1) is 12.7. The third-order valence-corrected chi connectivity index (χ3v) is 1.54. The summed E-state index contributed by atoms with van der Waals surface area (Å²) < 4.78 is 5.01. The van der Waals surface area contributed by atoms with Crippen LogP contribution in [0.25, 0.3) is 0 Å². The van der Waals surface area contributed by atoms with Crippen molar-refractivity contribution in [3.63, 3.8) is 0 Å². The lowest BCUT2D eigenvalue weighted by Gasteiger charge is -1.99. The number of carboxylic acids is 1. The zero-order chi connectivity index (χ0) is 10.8. The summed E-state index contributed by atoms with van der Waals surface area (Å²) in [7, 11) is 1.65. The van der Waals surface area contributed by atoms with Gasteiger partial charge in [-0.1, -0.05) is 30.4 Å². The van der Waals surface area contributed by atoms with Crippen molar-refractivity contribution in [2.75, 3.05) is 7.11 Å². The molecule has 0 heterocycles. The van der Waals surface area contributed by atoms with E-state index in [-0.39, 0.29) is 6.10 Å². The summed E-state index contributed by atoms with van der Waals surface area (Å²) in [5.41, 5.74) is 0. The van der Waals surface area contributed by atoms with Crippen molar-refractivity contribution in [1.29, 1.82) is 0 Å². The SMILES string of the molecule is COC(C)/C=C/C/C=C/C=C/C(=O)O. The minimum absolute atomic E-state index is 0.123. The second kappa shape index (κ2) is 8.26. The fourth-order valence-electron chi connectivity index (χ4n) is 0.722. The van der Waals surface area contributed by atoms with Crippen LogP contribution in [0.3, 0.4) is 0 Å². The first-order chi connectivity index (χ1) is 6.66. The molecule has 3 nitrogen and oxygen atoms in total. The van der Waals surface area contributed by atoms with Crippen molar-refractivity contribution >= 4 is 5.97 Å². The van der Waals surface area contributed by atoms with Gasteiger partial charge in [-0.2, -0.15) is 0 Å². The predicted octanol–water partition coefficient (Wildman–Crippen LogP) is 2.16. The molecule has 0 spiro atoms. The van der Waals surface area contributed by atoms with Gasteiger partial charge in [0.2, 0.25) is 0 Å². The van der Waals surface area contributed by atoms with E-state index in [4.69, 9.17) is 9.84 Å². The number of rotatable bonds is 6. The molecular formula is C11H16O3. The smallest absolute Gasteiger partial charge is 0.328 e. The molecule has 3 heteroatoms. The summed E-state index contributed by atoms with van der Waals surface area (Å²) in [5, 5.41) is 8.27. The van der Waals surface area contributed by atoms with Gasteiger partial charge in [-0.15, -0.1) is 0 Å². The maximum Gasteiger partial charge on any atom is 0.328 e. The number of allylic oxidation sites excluding steroid dienone is 4. The van der Waals surface area contributed by atoms with Crippen LogP contribution in [0.1, 0.15) is 13.3 Å². The van der Waals surface area contributed by atoms with Crippen LogP contribution in [0.15, 0.2) is 36.5 Å². The summed E-state index contributed by atoms with van der Waals surface area (Å²) in [4.78, 5) is 10.1. The number of aliphatic carboxylic acids is 1. The van der Waals surface area contributed by atoms with Gasteiger partial charge in [-0.3, -0.25) is 0 Å². The molecule has 0 aliphatic carbocycles. The maximum atomic E-state index is 10.1. The molecule has 0 rings (SSSR count). The van der Waals surface area contributed by atoms with Crippen molar-refractivity contribution in [1.82, 2.24) is 0 Å². The highest BCUT2D eigenvalue weighted by atomic mass is 16.5. The van der Waals surface area contributed by atoms with Crippen molar-refractivity contribution < 1.29 is 14.6 Å². The van der Waals surface area contributed by atoms with Crippen LogP contribution in [0.5, 0.6) is 0 Å². The average molecular weight is 196 g/mol. The fourth-order valence-corrected chi connectivity index (χ4v) is 0.722. The Morgan fingerprint density at radius 2 is 2.14 bits per heavy atom. The van der Waals surface area contributed by atoms with Crippen LogP contribution in [-0.2, 0) is 9.53 Å². The van der Waals surface area contributed by atoms with Crippen molar-refractivity contribution in [2.45, 2.75) is 19.4 Å². The van der Waals surface area contributed by atoms with Crippen molar-refractivity contribution in [3.8, 4) is 0 Å². The standard InChI is InChI=1S/C11H16O3/c1-10(14-2)8-6-4-3-5-7-9-11(12)13/h3,5-10H,4H2,1-2H3,(H,12,13)/b5-3+,8-6+,9-7+. The quantitative estimate of drug-likeness (QED) is 0.402. The van der Waals surface area contributed by atoms with Crippen LogP contribution in [0.4, 0.5) is 0 Å². The van der Waals surface area contributed by atoms with Crippen LogP contribution in [0, 0.1) is 0 Å². The van der Waals surface area contributed by atoms with Crippen LogP contribution >= 0.6 is 0 Å². The Kier molecular flexibility index (Phi) is 7.46. The minimum Gasteiger partial charge on any atom is -0.478 e. The number of methoxy groups -OCH3 is 1. The summed E-state index contributed by atoms with van der Waals surface area (Å²) >= 11 is 0. The van der Waals surface area contributed by atoms with E-state index in [9.17, 15) is 4.79 Å². The second-order valence-corrected chi connectivity index (χ2v) is 2.73. The van der Waals surface area contributed by atoms with Crippen LogP contribution < -0.4 is 0 Å². The van der Waals surface area contributed by atoms with Crippen molar-refractivity contribution in [3.05, 3.63) is 36.5 Å². The number of carboxylic acid groups (broad SMARTS) is 1. The third-order valence-electron chi connectivity index (χ3n) is 1.54. The third kappa shape index (κ3) is 8.74. The Morgan fingerprint density at radius 3 is 2.71 bits per heavy atom. The molecule has 0 saturated heterocycles. The minimum atomic E-state index is -0.932. The monoisotopic (exact) mass is 196 g/mol. The molecule has 0 bridgehead atoms. The molecule has 1 atom stereocenters. The van der Waals surface area contributed by atoms with Gasteiger partial charge < -0.3 is 9.84 Å². The molecule has 0 aromatic rings. The van der Waals surface area contributed by atoms with Crippen LogP contribution in [-0.4, -0.2) is 24.3 Å². The Bertz CT molecular complexity index is 239. The van der Waals surface area contributed by atoms with E-state index < -0.39 is 5.97 Å². The zero-order valence-electron chi connectivity index (χ0n) is 8.51. The normalized spacial score (nSPS) is 14.4. The van der Waals surface area contributed by atoms with E-state index in [1.165, 1.54) is 6.08 Å². The second-order valence-electron chi connectivity index (χ2n) is 2.73. The lowest BCUT2D eigenvalue weighted by atomic mass is 10.3. The van der Waals surface area contributed by atoms with E-state index in [0.29, 0.717) is 0 Å². The lowest BCUT2D eigenvalue weighted by Crippen LogP contribution is -1.98. The highest BCUT2D eigenvalue weighted by Gasteiger charge is 1.87. The molecule has 0 radical (unpaired) electrons. The molecule has 0 aromatic heterocycles. The van der Waals surface area contributed by atoms with Crippen molar-refractivity contribution in [2.24, 2.45) is 0 Å². The molecule has 0 saturated carbocycles. The zero-order valence-corrected chi connectivity index (χ0v) is 8.51. The summed E-state index contributed by atoms with van der Waals surface area (Å²) in [6, 6.07) is 0. The Morgan fingerprint density at radius 1 is 1.43 bits per heavy atom. The fraction of sp³-hybridized carbons (Fsp3) is 0.364. The topological polar surface area (TPSA) is 46.5 Å². The number of hydrogen-bond acceptors (Lipinski definition) is 2. The first-order valence-electron chi connectivity index (χ1n) is 4.42. The molecule has 1 unspecified atom stereocenters. The molecule has 0 amide bonds. The maximum absolute atomic E-state index is 10.1. The molecule has 1 N–H and O–H groups in total. The summed E-state index contributed by atoms with van der Waals surface area (Å²) in [6.07, 6.45) is 11.0. The number of carbonyl (C=O) groups is 1. The van der Waals surface area contributed by atoms with E-state index in [1.54, 1.807) is 13.2 Å². The van der Waals surface area contributed by atoms with Gasteiger partial charge in [0.1, 0.15) is 0 Å². The predicted molar refractivity (Wildman–Crippen MR) is 56.1 cm³/mol. The highest BCUT2D eigenvalue weighted by Crippen LogP contribution is 1.93. The molecule has 0 fully saturated rings. The first-order valence-corrected chi connectivity index (χ1v) is 4.42. The summed E-state index contributed by atoms with van der Waals surface area (Å²) in [6.45, 7) is 1.95. The van der Waals surface area contributed by atoms with Gasteiger partial charge in [0.05, 0.1) is 6.10 Å². The van der Waals surface area contributed by atoms with E-state index >= 15 is 0 Å². The van der Waals surface area contributed by atoms with Gasteiger partial charge in [0.15, 0.2) is 0 Å². The molecule has 78 valence electrons. The Labute approximate surface area is 84.4 Å².